The van der Waals surface area contributed by atoms with Gasteiger partial charge in [0.2, 0.25) is 5.88 Å². The highest BCUT2D eigenvalue weighted by molar-refractivity contribution is 6.30. The van der Waals surface area contributed by atoms with E-state index in [9.17, 15) is 4.79 Å². The Balaban J connectivity index is 1.59. The van der Waals surface area contributed by atoms with Crippen molar-refractivity contribution in [3.8, 4) is 5.88 Å². The first-order valence-corrected chi connectivity index (χ1v) is 7.36. The molecule has 114 valence electrons. The van der Waals surface area contributed by atoms with Crippen LogP contribution < -0.4 is 4.74 Å². The molecule has 6 nitrogen and oxygen atoms in total. The van der Waals surface area contributed by atoms with Crippen molar-refractivity contribution in [3.63, 3.8) is 0 Å². The number of methoxy groups -OCH3 is 1. The molecule has 1 aliphatic heterocycles. The Labute approximate surface area is 128 Å². The number of piperidine rings is 1. The maximum Gasteiger partial charge on any atom is 0.409 e. The normalized spacial score (nSPS) is 27.0. The number of nitrogens with zero attached hydrogens (tertiary/aromatic N) is 3. The molecule has 1 saturated carbocycles. The maximum atomic E-state index is 11.5. The van der Waals surface area contributed by atoms with Gasteiger partial charge in [-0.05, 0) is 25.7 Å². The Morgan fingerprint density at radius 1 is 1.57 bits per heavy atom. The summed E-state index contributed by atoms with van der Waals surface area (Å²) in [6.07, 6.45) is 3.19. The molecular weight excluding hydrogens is 294 g/mol. The van der Waals surface area contributed by atoms with Crippen LogP contribution in [-0.4, -0.2) is 47.8 Å². The van der Waals surface area contributed by atoms with E-state index in [0.29, 0.717) is 23.6 Å². The third-order valence-corrected chi connectivity index (χ3v) is 4.97. The van der Waals surface area contributed by atoms with Crippen molar-refractivity contribution < 1.29 is 14.3 Å². The van der Waals surface area contributed by atoms with Gasteiger partial charge in [-0.3, -0.25) is 0 Å². The van der Waals surface area contributed by atoms with Crippen molar-refractivity contribution in [1.29, 1.82) is 0 Å². The van der Waals surface area contributed by atoms with Crippen molar-refractivity contribution in [2.24, 2.45) is 11.3 Å². The van der Waals surface area contributed by atoms with Crippen LogP contribution in [0.4, 0.5) is 4.79 Å². The van der Waals surface area contributed by atoms with Gasteiger partial charge in [-0.1, -0.05) is 11.6 Å². The minimum atomic E-state index is -0.241. The molecule has 1 amide bonds. The summed E-state index contributed by atoms with van der Waals surface area (Å²) in [4.78, 5) is 21.3. The van der Waals surface area contributed by atoms with Crippen LogP contribution in [0, 0.1) is 18.3 Å². The van der Waals surface area contributed by atoms with E-state index in [-0.39, 0.29) is 11.5 Å². The molecule has 2 heterocycles. The molecule has 0 bridgehead atoms. The van der Waals surface area contributed by atoms with Gasteiger partial charge in [-0.15, -0.1) is 0 Å². The van der Waals surface area contributed by atoms with E-state index in [0.717, 1.165) is 31.5 Å². The number of likely N-dealkylation sites (tertiary alicyclic amines) is 1. The first-order valence-electron chi connectivity index (χ1n) is 6.98. The predicted octanol–water partition coefficient (Wildman–Crippen LogP) is 2.30. The van der Waals surface area contributed by atoms with Gasteiger partial charge >= 0.3 is 6.09 Å². The lowest BCUT2D eigenvalue weighted by Crippen LogP contribution is -2.40. The number of rotatable bonds is 3. The van der Waals surface area contributed by atoms with Gasteiger partial charge in [-0.25, -0.2) is 14.8 Å². The molecule has 0 aromatic carbocycles. The summed E-state index contributed by atoms with van der Waals surface area (Å²) >= 11 is 5.96. The quantitative estimate of drug-likeness (QED) is 0.801. The topological polar surface area (TPSA) is 64.5 Å². The van der Waals surface area contributed by atoms with Crippen LogP contribution in [0.2, 0.25) is 5.15 Å². The number of carbonyl (C=O) groups excluding carboxylic acids is 1. The Bertz CT molecular complexity index is 568. The predicted molar refractivity (Wildman–Crippen MR) is 76.4 cm³/mol. The smallest absolute Gasteiger partial charge is 0.409 e. The van der Waals surface area contributed by atoms with Gasteiger partial charge in [0.25, 0.3) is 0 Å². The number of ether oxygens (including phenoxy) is 2. The SMILES string of the molecule is COC(=O)N1CCC2(COc3ncnc(Cl)c3C)CC2C1. The van der Waals surface area contributed by atoms with Crippen LogP contribution in [0.1, 0.15) is 18.4 Å². The van der Waals surface area contributed by atoms with E-state index >= 15 is 0 Å². The molecule has 1 aliphatic carbocycles. The second-order valence-corrected chi connectivity index (χ2v) is 6.17. The Morgan fingerprint density at radius 2 is 2.38 bits per heavy atom. The highest BCUT2D eigenvalue weighted by Gasteiger charge is 2.58. The van der Waals surface area contributed by atoms with Crippen molar-refractivity contribution in [2.75, 3.05) is 26.8 Å². The zero-order valence-electron chi connectivity index (χ0n) is 12.1. The number of hydrogen-bond acceptors (Lipinski definition) is 5. The summed E-state index contributed by atoms with van der Waals surface area (Å²) in [5, 5.41) is 0.422. The largest absolute Gasteiger partial charge is 0.477 e. The minimum Gasteiger partial charge on any atom is -0.477 e. The van der Waals surface area contributed by atoms with Crippen molar-refractivity contribution >= 4 is 17.7 Å². The van der Waals surface area contributed by atoms with E-state index in [1.807, 2.05) is 6.92 Å². The summed E-state index contributed by atoms with van der Waals surface area (Å²) in [6, 6.07) is 0. The molecule has 0 N–H and O–H groups in total. The van der Waals surface area contributed by atoms with Crippen LogP contribution in [0.15, 0.2) is 6.33 Å². The van der Waals surface area contributed by atoms with Crippen molar-refractivity contribution in [2.45, 2.75) is 19.8 Å². The fraction of sp³-hybridized carbons (Fsp3) is 0.643. The molecule has 0 radical (unpaired) electrons. The third-order valence-electron chi connectivity index (χ3n) is 4.58. The molecule has 1 aromatic heterocycles. The lowest BCUT2D eigenvalue weighted by molar-refractivity contribution is 0.0921. The number of carbonyl (C=O) groups is 1. The van der Waals surface area contributed by atoms with Gasteiger partial charge in [0.05, 0.1) is 13.7 Å². The first-order chi connectivity index (χ1) is 10.1. The minimum absolute atomic E-state index is 0.175. The van der Waals surface area contributed by atoms with Gasteiger partial charge in [0.15, 0.2) is 0 Å². The molecule has 3 rings (SSSR count). The molecule has 2 atom stereocenters. The molecule has 7 heteroatoms. The monoisotopic (exact) mass is 311 g/mol. The maximum absolute atomic E-state index is 11.5. The van der Waals surface area contributed by atoms with E-state index in [2.05, 4.69) is 9.97 Å². The van der Waals surface area contributed by atoms with Gasteiger partial charge in [0.1, 0.15) is 11.5 Å². The highest BCUT2D eigenvalue weighted by atomic mass is 35.5. The average molecular weight is 312 g/mol. The molecular formula is C14H18ClN3O3. The number of hydrogen-bond donors (Lipinski definition) is 0. The summed E-state index contributed by atoms with van der Waals surface area (Å²) in [5.74, 6) is 1.04. The summed E-state index contributed by atoms with van der Waals surface area (Å²) in [7, 11) is 1.42. The summed E-state index contributed by atoms with van der Waals surface area (Å²) in [6.45, 7) is 3.93. The zero-order valence-corrected chi connectivity index (χ0v) is 12.9. The molecule has 1 saturated heterocycles. The summed E-state index contributed by atoms with van der Waals surface area (Å²) < 4.78 is 10.6. The average Bonchev–Trinajstić information content (AvgIpc) is 3.21. The zero-order chi connectivity index (χ0) is 15.0. The molecule has 0 spiro atoms. The molecule has 2 unspecified atom stereocenters. The Morgan fingerprint density at radius 3 is 3.10 bits per heavy atom. The summed E-state index contributed by atoms with van der Waals surface area (Å²) in [5.41, 5.74) is 0.939. The van der Waals surface area contributed by atoms with Crippen LogP contribution >= 0.6 is 11.6 Å². The van der Waals surface area contributed by atoms with Crippen LogP contribution in [0.3, 0.4) is 0 Å². The van der Waals surface area contributed by atoms with Crippen molar-refractivity contribution in [1.82, 2.24) is 14.9 Å². The molecule has 2 fully saturated rings. The van der Waals surface area contributed by atoms with E-state index in [4.69, 9.17) is 21.1 Å². The fourth-order valence-electron chi connectivity index (χ4n) is 3.03. The lowest BCUT2D eigenvalue weighted by Gasteiger charge is -2.30. The first kappa shape index (κ1) is 14.4. The van der Waals surface area contributed by atoms with Crippen LogP contribution in [0.5, 0.6) is 5.88 Å². The second-order valence-electron chi connectivity index (χ2n) is 5.81. The second kappa shape index (κ2) is 5.33. The van der Waals surface area contributed by atoms with Crippen molar-refractivity contribution in [3.05, 3.63) is 17.0 Å². The Hall–Kier alpha value is -1.56. The van der Waals surface area contributed by atoms with E-state index < -0.39 is 0 Å². The van der Waals surface area contributed by atoms with Gasteiger partial charge in [-0.2, -0.15) is 0 Å². The number of halogens is 1. The lowest BCUT2D eigenvalue weighted by atomic mass is 9.96. The van der Waals surface area contributed by atoms with E-state index in [1.165, 1.54) is 13.4 Å². The number of amides is 1. The van der Waals surface area contributed by atoms with Crippen LogP contribution in [0.25, 0.3) is 0 Å². The fourth-order valence-corrected chi connectivity index (χ4v) is 3.15. The number of fused-ring (bicyclic) bond motifs is 1. The van der Waals surface area contributed by atoms with Gasteiger partial charge in [0, 0.05) is 24.1 Å². The third kappa shape index (κ3) is 2.64. The van der Waals surface area contributed by atoms with Gasteiger partial charge < -0.3 is 14.4 Å². The highest BCUT2D eigenvalue weighted by Crippen LogP contribution is 2.58. The number of aromatic nitrogens is 2. The Kier molecular flexibility index (Phi) is 3.65. The standard InChI is InChI=1S/C14H18ClN3O3/c1-9-11(15)16-8-17-12(9)21-7-14-3-4-18(13(19)20-2)6-10(14)5-14/h8,10H,3-7H2,1-2H3. The van der Waals surface area contributed by atoms with E-state index in [1.54, 1.807) is 4.90 Å². The van der Waals surface area contributed by atoms with Crippen LogP contribution in [-0.2, 0) is 4.74 Å². The molecule has 1 aromatic rings. The molecule has 21 heavy (non-hydrogen) atoms. The molecule has 2 aliphatic rings.